The van der Waals surface area contributed by atoms with E-state index in [1.165, 1.54) is 4.57 Å². The zero-order valence-corrected chi connectivity index (χ0v) is 8.55. The molecule has 15 heavy (non-hydrogen) atoms. The highest BCUT2D eigenvalue weighted by molar-refractivity contribution is 5.81. The second-order valence-corrected chi connectivity index (χ2v) is 3.71. The Morgan fingerprint density at radius 1 is 1.33 bits per heavy atom. The third-order valence-electron chi connectivity index (χ3n) is 2.35. The number of hydrogen-bond acceptors (Lipinski definition) is 2. The van der Waals surface area contributed by atoms with Crippen LogP contribution < -0.4 is 5.56 Å². The number of hydrogen-bond donors (Lipinski definition) is 1. The van der Waals surface area contributed by atoms with Crippen LogP contribution in [-0.2, 0) is 6.54 Å². The van der Waals surface area contributed by atoms with Crippen LogP contribution in [0.2, 0.25) is 0 Å². The Labute approximate surface area is 87.6 Å². The summed E-state index contributed by atoms with van der Waals surface area (Å²) in [6.45, 7) is 2.01. The molecule has 0 bridgehead atoms. The highest BCUT2D eigenvalue weighted by Crippen LogP contribution is 2.08. The molecular formula is C12H13NO2. The molecule has 0 aliphatic carbocycles. The number of aromatic nitrogens is 1. The molecule has 0 spiro atoms. The normalized spacial score (nSPS) is 12.9. The first kappa shape index (κ1) is 9.93. The van der Waals surface area contributed by atoms with Crippen LogP contribution in [0, 0.1) is 0 Å². The Morgan fingerprint density at radius 3 is 2.80 bits per heavy atom. The molecule has 1 atom stereocenters. The molecule has 0 amide bonds. The van der Waals surface area contributed by atoms with Crippen molar-refractivity contribution >= 4 is 10.8 Å². The number of rotatable bonds is 2. The molecule has 2 aromatic rings. The van der Waals surface area contributed by atoms with E-state index >= 15 is 0 Å². The fourth-order valence-electron chi connectivity index (χ4n) is 1.66. The average molecular weight is 203 g/mol. The third kappa shape index (κ3) is 1.92. The van der Waals surface area contributed by atoms with E-state index in [1.807, 2.05) is 24.3 Å². The van der Waals surface area contributed by atoms with Gasteiger partial charge in [0.1, 0.15) is 0 Å². The maximum atomic E-state index is 11.9. The highest BCUT2D eigenvalue weighted by Gasteiger charge is 2.03. The molecule has 0 saturated heterocycles. The summed E-state index contributed by atoms with van der Waals surface area (Å²) in [5, 5.41) is 10.9. The van der Waals surface area contributed by atoms with E-state index in [2.05, 4.69) is 0 Å². The van der Waals surface area contributed by atoms with E-state index in [1.54, 1.807) is 19.2 Å². The standard InChI is InChI=1S/C12H13NO2/c1-9(14)8-13-7-6-10-4-2-3-5-11(10)12(13)15/h2-7,9,14H,8H2,1H3/t9-/m1/s1. The van der Waals surface area contributed by atoms with Crippen molar-refractivity contribution in [2.24, 2.45) is 0 Å². The Balaban J connectivity index is 2.60. The highest BCUT2D eigenvalue weighted by atomic mass is 16.3. The lowest BCUT2D eigenvalue weighted by molar-refractivity contribution is 0.172. The van der Waals surface area contributed by atoms with Gasteiger partial charge in [0.05, 0.1) is 12.6 Å². The lowest BCUT2D eigenvalue weighted by atomic mass is 10.2. The van der Waals surface area contributed by atoms with Crippen molar-refractivity contribution in [3.8, 4) is 0 Å². The molecule has 0 saturated carbocycles. The van der Waals surface area contributed by atoms with Crippen LogP contribution in [0.1, 0.15) is 6.92 Å². The molecular weight excluding hydrogens is 190 g/mol. The number of benzene rings is 1. The Hall–Kier alpha value is -1.61. The first-order valence-corrected chi connectivity index (χ1v) is 4.95. The van der Waals surface area contributed by atoms with Gasteiger partial charge in [-0.3, -0.25) is 4.79 Å². The van der Waals surface area contributed by atoms with Gasteiger partial charge < -0.3 is 9.67 Å². The number of nitrogens with zero attached hydrogens (tertiary/aromatic N) is 1. The van der Waals surface area contributed by atoms with Gasteiger partial charge in [-0.25, -0.2) is 0 Å². The van der Waals surface area contributed by atoms with E-state index in [-0.39, 0.29) is 5.56 Å². The molecule has 1 N–H and O–H groups in total. The fourth-order valence-corrected chi connectivity index (χ4v) is 1.66. The minimum atomic E-state index is -0.510. The smallest absolute Gasteiger partial charge is 0.258 e. The molecule has 1 aromatic heterocycles. The first-order valence-electron chi connectivity index (χ1n) is 4.95. The van der Waals surface area contributed by atoms with E-state index in [9.17, 15) is 9.90 Å². The van der Waals surface area contributed by atoms with Crippen molar-refractivity contribution in [2.75, 3.05) is 0 Å². The van der Waals surface area contributed by atoms with Crippen molar-refractivity contribution in [1.82, 2.24) is 4.57 Å². The molecule has 0 fully saturated rings. The van der Waals surface area contributed by atoms with Crippen LogP contribution in [0.25, 0.3) is 10.8 Å². The van der Waals surface area contributed by atoms with Crippen LogP contribution >= 0.6 is 0 Å². The van der Waals surface area contributed by atoms with Crippen molar-refractivity contribution in [3.05, 3.63) is 46.9 Å². The summed E-state index contributed by atoms with van der Waals surface area (Å²) in [4.78, 5) is 11.9. The third-order valence-corrected chi connectivity index (χ3v) is 2.35. The predicted octanol–water partition coefficient (Wildman–Crippen LogP) is 1.38. The van der Waals surface area contributed by atoms with Gasteiger partial charge in [0, 0.05) is 11.6 Å². The molecule has 3 heteroatoms. The molecule has 0 radical (unpaired) electrons. The van der Waals surface area contributed by atoms with Crippen molar-refractivity contribution in [1.29, 1.82) is 0 Å². The molecule has 78 valence electrons. The van der Waals surface area contributed by atoms with Crippen LogP contribution in [0.15, 0.2) is 41.3 Å². The average Bonchev–Trinajstić information content (AvgIpc) is 2.22. The summed E-state index contributed by atoms with van der Waals surface area (Å²) in [7, 11) is 0. The molecule has 3 nitrogen and oxygen atoms in total. The van der Waals surface area contributed by atoms with E-state index in [4.69, 9.17) is 0 Å². The van der Waals surface area contributed by atoms with Gasteiger partial charge in [0.25, 0.3) is 5.56 Å². The summed E-state index contributed by atoms with van der Waals surface area (Å²) >= 11 is 0. The van der Waals surface area contributed by atoms with Crippen molar-refractivity contribution in [3.63, 3.8) is 0 Å². The summed E-state index contributed by atoms with van der Waals surface area (Å²) in [5.41, 5.74) is -0.0472. The zero-order valence-electron chi connectivity index (χ0n) is 8.55. The molecule has 2 rings (SSSR count). The van der Waals surface area contributed by atoms with Gasteiger partial charge >= 0.3 is 0 Å². The van der Waals surface area contributed by atoms with Crippen LogP contribution in [0.5, 0.6) is 0 Å². The maximum absolute atomic E-state index is 11.9. The maximum Gasteiger partial charge on any atom is 0.258 e. The Kier molecular flexibility index (Phi) is 2.56. The molecule has 1 aromatic carbocycles. The molecule has 0 aliphatic rings. The second kappa shape index (κ2) is 3.87. The van der Waals surface area contributed by atoms with E-state index in [0.717, 1.165) is 5.39 Å². The summed E-state index contributed by atoms with van der Waals surface area (Å²) in [6.07, 6.45) is 1.21. The number of pyridine rings is 1. The zero-order chi connectivity index (χ0) is 10.8. The minimum absolute atomic E-state index is 0.0472. The Morgan fingerprint density at radius 2 is 2.07 bits per heavy atom. The van der Waals surface area contributed by atoms with Crippen LogP contribution in [0.3, 0.4) is 0 Å². The molecule has 0 unspecified atom stereocenters. The SMILES string of the molecule is C[C@@H](O)Cn1ccc2ccccc2c1=O. The van der Waals surface area contributed by atoms with Crippen LogP contribution in [0.4, 0.5) is 0 Å². The van der Waals surface area contributed by atoms with Crippen molar-refractivity contribution < 1.29 is 5.11 Å². The lowest BCUT2D eigenvalue weighted by Crippen LogP contribution is -2.24. The summed E-state index contributed by atoms with van der Waals surface area (Å²) in [5.74, 6) is 0. The van der Waals surface area contributed by atoms with E-state index < -0.39 is 6.10 Å². The van der Waals surface area contributed by atoms with Gasteiger partial charge in [0.2, 0.25) is 0 Å². The monoisotopic (exact) mass is 203 g/mol. The van der Waals surface area contributed by atoms with Crippen LogP contribution in [-0.4, -0.2) is 15.8 Å². The van der Waals surface area contributed by atoms with Gasteiger partial charge in [-0.15, -0.1) is 0 Å². The summed E-state index contributed by atoms with van der Waals surface area (Å²) in [6, 6.07) is 9.34. The van der Waals surface area contributed by atoms with Gasteiger partial charge in [-0.1, -0.05) is 18.2 Å². The van der Waals surface area contributed by atoms with Crippen molar-refractivity contribution in [2.45, 2.75) is 19.6 Å². The molecule has 1 heterocycles. The molecule has 0 aliphatic heterocycles. The predicted molar refractivity (Wildman–Crippen MR) is 59.9 cm³/mol. The summed E-state index contributed by atoms with van der Waals surface area (Å²) < 4.78 is 1.53. The number of aliphatic hydroxyl groups is 1. The number of fused-ring (bicyclic) bond motifs is 1. The van der Waals surface area contributed by atoms with Gasteiger partial charge in [-0.2, -0.15) is 0 Å². The number of aliphatic hydroxyl groups excluding tert-OH is 1. The largest absolute Gasteiger partial charge is 0.392 e. The first-order chi connectivity index (χ1) is 7.18. The van der Waals surface area contributed by atoms with Gasteiger partial charge in [0.15, 0.2) is 0 Å². The second-order valence-electron chi connectivity index (χ2n) is 3.71. The quantitative estimate of drug-likeness (QED) is 0.801. The van der Waals surface area contributed by atoms with E-state index in [0.29, 0.717) is 11.9 Å². The minimum Gasteiger partial charge on any atom is -0.392 e. The Bertz CT molecular complexity index is 528. The fraction of sp³-hybridized carbons (Fsp3) is 0.250. The lowest BCUT2D eigenvalue weighted by Gasteiger charge is -2.08. The van der Waals surface area contributed by atoms with Gasteiger partial charge in [-0.05, 0) is 24.4 Å². The topological polar surface area (TPSA) is 42.2 Å².